The number of benzene rings is 1. The van der Waals surface area contributed by atoms with Crippen LogP contribution in [-0.4, -0.2) is 30.6 Å². The lowest BCUT2D eigenvalue weighted by Crippen LogP contribution is -2.40. The summed E-state index contributed by atoms with van der Waals surface area (Å²) in [5.74, 6) is 0.668. The number of nitrogen functional groups attached to an aromatic ring is 1. The second-order valence-corrected chi connectivity index (χ2v) is 5.17. The minimum absolute atomic E-state index is 0.0667. The zero-order chi connectivity index (χ0) is 12.7. The Morgan fingerprint density at radius 2 is 2.28 bits per heavy atom. The normalized spacial score (nSPS) is 20.1. The van der Waals surface area contributed by atoms with Crippen molar-refractivity contribution in [2.45, 2.75) is 25.4 Å². The Morgan fingerprint density at radius 1 is 1.50 bits per heavy atom. The first-order valence-corrected chi connectivity index (χ1v) is 6.39. The van der Waals surface area contributed by atoms with E-state index in [0.29, 0.717) is 30.3 Å². The number of nitrogens with two attached hydrogens (primary N) is 1. The van der Waals surface area contributed by atoms with E-state index in [9.17, 15) is 4.79 Å². The summed E-state index contributed by atoms with van der Waals surface area (Å²) in [5, 5.41) is 0. The van der Waals surface area contributed by atoms with Gasteiger partial charge in [0, 0.05) is 19.3 Å². The van der Waals surface area contributed by atoms with Gasteiger partial charge in [0.15, 0.2) is 0 Å². The van der Waals surface area contributed by atoms with Crippen LogP contribution in [0.1, 0.15) is 28.8 Å². The molecule has 0 bridgehead atoms. The number of fused-ring (bicyclic) bond motifs is 1. The van der Waals surface area contributed by atoms with Crippen molar-refractivity contribution in [3.8, 4) is 0 Å². The van der Waals surface area contributed by atoms with Gasteiger partial charge in [-0.1, -0.05) is 12.1 Å². The Labute approximate surface area is 107 Å². The summed E-state index contributed by atoms with van der Waals surface area (Å²) in [6, 6.07) is 5.89. The van der Waals surface area contributed by atoms with E-state index < -0.39 is 0 Å². The fourth-order valence-electron chi connectivity index (χ4n) is 2.81. The molecular weight excluding hydrogens is 228 g/mol. The number of amides is 1. The van der Waals surface area contributed by atoms with Crippen molar-refractivity contribution < 1.29 is 9.53 Å². The van der Waals surface area contributed by atoms with Gasteiger partial charge < -0.3 is 15.4 Å². The van der Waals surface area contributed by atoms with Crippen molar-refractivity contribution >= 4 is 11.6 Å². The first-order valence-electron chi connectivity index (χ1n) is 6.39. The molecule has 18 heavy (non-hydrogen) atoms. The summed E-state index contributed by atoms with van der Waals surface area (Å²) >= 11 is 0. The molecule has 1 fully saturated rings. The molecule has 4 heteroatoms. The molecule has 1 aromatic carbocycles. The van der Waals surface area contributed by atoms with Crippen LogP contribution in [0.5, 0.6) is 0 Å². The average molecular weight is 246 g/mol. The smallest absolute Gasteiger partial charge is 0.256 e. The van der Waals surface area contributed by atoms with E-state index >= 15 is 0 Å². The first-order chi connectivity index (χ1) is 8.72. The Balaban J connectivity index is 1.89. The lowest BCUT2D eigenvalue weighted by molar-refractivity contribution is 0.0507. The molecule has 1 heterocycles. The highest BCUT2D eigenvalue weighted by Crippen LogP contribution is 2.39. The van der Waals surface area contributed by atoms with Crippen molar-refractivity contribution in [2.24, 2.45) is 5.92 Å². The first kappa shape index (κ1) is 11.5. The van der Waals surface area contributed by atoms with E-state index in [2.05, 4.69) is 0 Å². The molecule has 0 radical (unpaired) electrons. The quantitative estimate of drug-likeness (QED) is 0.822. The lowest BCUT2D eigenvalue weighted by Gasteiger charge is -2.27. The fourth-order valence-corrected chi connectivity index (χ4v) is 2.81. The number of hydrogen-bond donors (Lipinski definition) is 1. The molecular formula is C14H18N2O2. The monoisotopic (exact) mass is 246 g/mol. The number of rotatable bonds is 4. The minimum Gasteiger partial charge on any atom is -0.398 e. The van der Waals surface area contributed by atoms with E-state index in [-0.39, 0.29) is 11.9 Å². The van der Waals surface area contributed by atoms with Gasteiger partial charge in [0.2, 0.25) is 0 Å². The van der Waals surface area contributed by atoms with E-state index in [1.165, 1.54) is 12.8 Å². The highest BCUT2D eigenvalue weighted by Gasteiger charge is 2.41. The van der Waals surface area contributed by atoms with Crippen molar-refractivity contribution in [1.82, 2.24) is 4.90 Å². The molecule has 0 aromatic heterocycles. The van der Waals surface area contributed by atoms with Gasteiger partial charge in [-0.2, -0.15) is 0 Å². The van der Waals surface area contributed by atoms with Crippen molar-refractivity contribution in [1.29, 1.82) is 0 Å². The molecule has 0 spiro atoms. The molecule has 3 rings (SSSR count). The second kappa shape index (κ2) is 4.28. The number of carbonyl (C=O) groups excluding carboxylic acids is 1. The summed E-state index contributed by atoms with van der Waals surface area (Å²) in [6.07, 6.45) is 2.40. The highest BCUT2D eigenvalue weighted by atomic mass is 16.5. The second-order valence-electron chi connectivity index (χ2n) is 5.17. The van der Waals surface area contributed by atoms with Gasteiger partial charge in [-0.3, -0.25) is 4.79 Å². The van der Waals surface area contributed by atoms with Crippen LogP contribution in [-0.2, 0) is 11.3 Å². The van der Waals surface area contributed by atoms with Crippen LogP contribution in [0.4, 0.5) is 5.69 Å². The van der Waals surface area contributed by atoms with E-state index in [1.54, 1.807) is 13.2 Å². The molecule has 96 valence electrons. The predicted molar refractivity (Wildman–Crippen MR) is 69.1 cm³/mol. The molecule has 0 unspecified atom stereocenters. The molecule has 1 amide bonds. The van der Waals surface area contributed by atoms with Crippen LogP contribution < -0.4 is 5.73 Å². The van der Waals surface area contributed by atoms with E-state index in [4.69, 9.17) is 10.5 Å². The molecule has 1 aliphatic carbocycles. The third-order valence-corrected chi connectivity index (χ3v) is 3.90. The number of anilines is 1. The van der Waals surface area contributed by atoms with Gasteiger partial charge in [-0.25, -0.2) is 0 Å². The SMILES string of the molecule is COC[C@H](C1CC1)N1Cc2cccc(N)c2C1=O. The van der Waals surface area contributed by atoms with Gasteiger partial charge in [-0.15, -0.1) is 0 Å². The molecule has 4 nitrogen and oxygen atoms in total. The molecule has 2 aliphatic rings. The van der Waals surface area contributed by atoms with Crippen LogP contribution in [0, 0.1) is 5.92 Å². The number of methoxy groups -OCH3 is 1. The van der Waals surface area contributed by atoms with E-state index in [1.807, 2.05) is 17.0 Å². The Bertz CT molecular complexity index is 483. The topological polar surface area (TPSA) is 55.6 Å². The van der Waals surface area contributed by atoms with Crippen LogP contribution in [0.3, 0.4) is 0 Å². The average Bonchev–Trinajstić information content (AvgIpc) is 3.12. The maximum Gasteiger partial charge on any atom is 0.256 e. The Hall–Kier alpha value is -1.55. The van der Waals surface area contributed by atoms with Gasteiger partial charge in [0.25, 0.3) is 5.91 Å². The summed E-state index contributed by atoms with van der Waals surface area (Å²) in [7, 11) is 1.69. The largest absolute Gasteiger partial charge is 0.398 e. The maximum atomic E-state index is 12.5. The third kappa shape index (κ3) is 1.77. The summed E-state index contributed by atoms with van der Waals surface area (Å²) in [6.45, 7) is 1.29. The summed E-state index contributed by atoms with van der Waals surface area (Å²) in [5.41, 5.74) is 8.24. The lowest BCUT2D eigenvalue weighted by atomic mass is 10.1. The van der Waals surface area contributed by atoms with Crippen LogP contribution in [0.15, 0.2) is 18.2 Å². The molecule has 1 aliphatic heterocycles. The Kier molecular flexibility index (Phi) is 2.74. The number of hydrogen-bond acceptors (Lipinski definition) is 3. The van der Waals surface area contributed by atoms with Crippen molar-refractivity contribution in [3.05, 3.63) is 29.3 Å². The van der Waals surface area contributed by atoms with Crippen molar-refractivity contribution in [3.63, 3.8) is 0 Å². The number of nitrogens with zero attached hydrogens (tertiary/aromatic N) is 1. The van der Waals surface area contributed by atoms with Crippen molar-refractivity contribution in [2.75, 3.05) is 19.5 Å². The standard InChI is InChI=1S/C14H18N2O2/c1-18-8-12(9-5-6-9)16-7-10-3-2-4-11(15)13(10)14(16)17/h2-4,9,12H,5-8,15H2,1H3/t12-/m1/s1. The van der Waals surface area contributed by atoms with Gasteiger partial charge in [-0.05, 0) is 30.4 Å². The molecule has 2 N–H and O–H groups in total. The predicted octanol–water partition coefficient (Wildman–Crippen LogP) is 1.65. The van der Waals surface area contributed by atoms with Gasteiger partial charge in [0.1, 0.15) is 0 Å². The molecule has 1 aromatic rings. The zero-order valence-corrected chi connectivity index (χ0v) is 10.6. The summed E-state index contributed by atoms with van der Waals surface area (Å²) < 4.78 is 5.27. The summed E-state index contributed by atoms with van der Waals surface area (Å²) in [4.78, 5) is 14.4. The van der Waals surface area contributed by atoms with Crippen LogP contribution in [0.2, 0.25) is 0 Å². The molecule has 1 saturated carbocycles. The van der Waals surface area contributed by atoms with E-state index in [0.717, 1.165) is 5.56 Å². The fraction of sp³-hybridized carbons (Fsp3) is 0.500. The third-order valence-electron chi connectivity index (χ3n) is 3.90. The minimum atomic E-state index is 0.0667. The number of carbonyl (C=O) groups is 1. The molecule has 1 atom stereocenters. The highest BCUT2D eigenvalue weighted by molar-refractivity contribution is 6.03. The Morgan fingerprint density at radius 3 is 2.89 bits per heavy atom. The van der Waals surface area contributed by atoms with Crippen LogP contribution in [0.25, 0.3) is 0 Å². The number of ether oxygens (including phenoxy) is 1. The van der Waals surface area contributed by atoms with Gasteiger partial charge in [0.05, 0.1) is 18.2 Å². The maximum absolute atomic E-state index is 12.5. The van der Waals surface area contributed by atoms with Gasteiger partial charge >= 0.3 is 0 Å². The van der Waals surface area contributed by atoms with Crippen LogP contribution >= 0.6 is 0 Å². The zero-order valence-electron chi connectivity index (χ0n) is 10.6. The molecule has 0 saturated heterocycles.